The van der Waals surface area contributed by atoms with Crippen molar-refractivity contribution in [3.63, 3.8) is 0 Å². The molecule has 1 rings (SSSR count). The van der Waals surface area contributed by atoms with Gasteiger partial charge in [0.1, 0.15) is 0 Å². The second-order valence-electron chi connectivity index (χ2n) is 7.02. The summed E-state index contributed by atoms with van der Waals surface area (Å²) in [4.78, 5) is 16.0. The SMILES string of the molecule is CCCS(=O)(=O)N1CCC(NC(=NC)NCC(C)(C)C(=O)NC)CC1. The highest BCUT2D eigenvalue weighted by Gasteiger charge is 2.29. The largest absolute Gasteiger partial charge is 0.359 e. The third-order valence-electron chi connectivity index (χ3n) is 4.41. The molecule has 1 amide bonds. The summed E-state index contributed by atoms with van der Waals surface area (Å²) in [6.07, 6.45) is 2.11. The number of hydrogen-bond acceptors (Lipinski definition) is 4. The van der Waals surface area contributed by atoms with Crippen molar-refractivity contribution in [3.8, 4) is 0 Å². The van der Waals surface area contributed by atoms with Crippen molar-refractivity contribution in [1.29, 1.82) is 0 Å². The number of rotatable bonds is 7. The van der Waals surface area contributed by atoms with Crippen LogP contribution < -0.4 is 16.0 Å². The summed E-state index contributed by atoms with van der Waals surface area (Å²) in [6, 6.07) is 0.169. The number of nitrogens with zero attached hydrogens (tertiary/aromatic N) is 2. The normalized spacial score (nSPS) is 18.0. The molecule has 8 nitrogen and oxygen atoms in total. The number of carbonyl (C=O) groups is 1. The van der Waals surface area contributed by atoms with Crippen LogP contribution in [-0.2, 0) is 14.8 Å². The van der Waals surface area contributed by atoms with Crippen LogP contribution in [0.15, 0.2) is 4.99 Å². The van der Waals surface area contributed by atoms with Gasteiger partial charge in [-0.2, -0.15) is 0 Å². The van der Waals surface area contributed by atoms with Crippen LogP contribution in [0.1, 0.15) is 40.0 Å². The Balaban J connectivity index is 2.50. The van der Waals surface area contributed by atoms with E-state index >= 15 is 0 Å². The molecule has 0 spiro atoms. The van der Waals surface area contributed by atoms with Crippen molar-refractivity contribution in [2.24, 2.45) is 10.4 Å². The predicted molar refractivity (Wildman–Crippen MR) is 101 cm³/mol. The molecule has 0 radical (unpaired) electrons. The van der Waals surface area contributed by atoms with Crippen LogP contribution in [0.3, 0.4) is 0 Å². The fraction of sp³-hybridized carbons (Fsp3) is 0.875. The zero-order valence-corrected chi connectivity index (χ0v) is 16.9. The molecule has 3 N–H and O–H groups in total. The van der Waals surface area contributed by atoms with Crippen LogP contribution in [0.25, 0.3) is 0 Å². The second kappa shape index (κ2) is 9.38. The lowest BCUT2D eigenvalue weighted by Crippen LogP contribution is -2.52. The van der Waals surface area contributed by atoms with Gasteiger partial charge >= 0.3 is 0 Å². The van der Waals surface area contributed by atoms with Crippen LogP contribution in [0.2, 0.25) is 0 Å². The van der Waals surface area contributed by atoms with Crippen LogP contribution in [-0.4, -0.2) is 70.1 Å². The molecule has 1 aliphatic heterocycles. The van der Waals surface area contributed by atoms with E-state index in [-0.39, 0.29) is 17.7 Å². The molecular weight excluding hydrogens is 342 g/mol. The maximum absolute atomic E-state index is 12.1. The molecule has 0 aliphatic carbocycles. The van der Waals surface area contributed by atoms with Crippen LogP contribution in [0.4, 0.5) is 0 Å². The fourth-order valence-electron chi connectivity index (χ4n) is 2.78. The standard InChI is InChI=1S/C16H33N5O3S/c1-6-11-25(23,24)21-9-7-13(8-10-21)20-15(18-5)19-12-16(2,3)14(22)17-4/h13H,6-12H2,1-5H3,(H,17,22)(H2,18,19,20). The van der Waals surface area contributed by atoms with Gasteiger partial charge in [-0.1, -0.05) is 6.92 Å². The van der Waals surface area contributed by atoms with Gasteiger partial charge in [-0.25, -0.2) is 12.7 Å². The highest BCUT2D eigenvalue weighted by molar-refractivity contribution is 7.89. The van der Waals surface area contributed by atoms with Crippen molar-refractivity contribution in [2.45, 2.75) is 46.1 Å². The average molecular weight is 376 g/mol. The summed E-state index contributed by atoms with van der Waals surface area (Å²) in [6.45, 7) is 7.12. The van der Waals surface area contributed by atoms with Gasteiger partial charge in [0.05, 0.1) is 11.2 Å². The third kappa shape index (κ3) is 6.47. The van der Waals surface area contributed by atoms with Gasteiger partial charge in [-0.05, 0) is 33.1 Å². The lowest BCUT2D eigenvalue weighted by Gasteiger charge is -2.33. The number of guanidine groups is 1. The first-order valence-corrected chi connectivity index (χ1v) is 10.4. The van der Waals surface area contributed by atoms with E-state index < -0.39 is 15.4 Å². The molecule has 0 atom stereocenters. The maximum Gasteiger partial charge on any atom is 0.227 e. The molecule has 1 fully saturated rings. The third-order valence-corrected chi connectivity index (χ3v) is 6.49. The quantitative estimate of drug-likeness (QED) is 0.433. The fourth-order valence-corrected chi connectivity index (χ4v) is 4.32. The molecule has 0 bridgehead atoms. The molecule has 9 heteroatoms. The first-order chi connectivity index (χ1) is 11.7. The lowest BCUT2D eigenvalue weighted by molar-refractivity contribution is -0.128. The monoisotopic (exact) mass is 375 g/mol. The van der Waals surface area contributed by atoms with Gasteiger partial charge in [-0.15, -0.1) is 0 Å². The number of sulfonamides is 1. The van der Waals surface area contributed by atoms with E-state index in [2.05, 4.69) is 20.9 Å². The van der Waals surface area contributed by atoms with Crippen molar-refractivity contribution in [3.05, 3.63) is 0 Å². The Morgan fingerprint density at radius 2 is 1.88 bits per heavy atom. The number of carbonyl (C=O) groups excluding carboxylic acids is 1. The summed E-state index contributed by atoms with van der Waals surface area (Å²) in [7, 11) is 0.188. The first kappa shape index (κ1) is 21.7. The number of nitrogens with one attached hydrogen (secondary N) is 3. The summed E-state index contributed by atoms with van der Waals surface area (Å²) in [5.74, 6) is 0.805. The van der Waals surface area contributed by atoms with E-state index in [4.69, 9.17) is 0 Å². The highest BCUT2D eigenvalue weighted by atomic mass is 32.2. The van der Waals surface area contributed by atoms with Gasteiger partial charge in [0, 0.05) is 39.8 Å². The minimum Gasteiger partial charge on any atom is -0.359 e. The molecule has 0 aromatic rings. The molecule has 1 heterocycles. The van der Waals surface area contributed by atoms with Crippen LogP contribution in [0, 0.1) is 5.41 Å². The van der Waals surface area contributed by atoms with E-state index in [1.165, 1.54) is 0 Å². The molecule has 0 aromatic heterocycles. The summed E-state index contributed by atoms with van der Waals surface area (Å²) < 4.78 is 25.8. The minimum atomic E-state index is -3.12. The lowest BCUT2D eigenvalue weighted by atomic mass is 9.92. The topological polar surface area (TPSA) is 103 Å². The Kier molecular flexibility index (Phi) is 8.14. The molecule has 146 valence electrons. The molecule has 0 aromatic carbocycles. The van der Waals surface area contributed by atoms with Crippen molar-refractivity contribution >= 4 is 21.9 Å². The molecule has 0 unspecified atom stereocenters. The van der Waals surface area contributed by atoms with E-state index in [1.807, 2.05) is 20.8 Å². The highest BCUT2D eigenvalue weighted by Crippen LogP contribution is 2.16. The molecule has 25 heavy (non-hydrogen) atoms. The summed E-state index contributed by atoms with van der Waals surface area (Å²) in [5.41, 5.74) is -0.552. The Morgan fingerprint density at radius 1 is 1.28 bits per heavy atom. The van der Waals surface area contributed by atoms with Gasteiger partial charge < -0.3 is 16.0 Å². The van der Waals surface area contributed by atoms with E-state index in [1.54, 1.807) is 18.4 Å². The number of aliphatic imine (C=N–C) groups is 1. The van der Waals surface area contributed by atoms with E-state index in [0.29, 0.717) is 32.0 Å². The summed E-state index contributed by atoms with van der Waals surface area (Å²) >= 11 is 0. The van der Waals surface area contributed by atoms with Gasteiger partial charge in [0.25, 0.3) is 0 Å². The first-order valence-electron chi connectivity index (χ1n) is 8.83. The molecule has 1 saturated heterocycles. The zero-order chi connectivity index (χ0) is 19.1. The zero-order valence-electron chi connectivity index (χ0n) is 16.1. The van der Waals surface area contributed by atoms with Crippen molar-refractivity contribution in [1.82, 2.24) is 20.3 Å². The Hall–Kier alpha value is -1.35. The Labute approximate surface area is 151 Å². The predicted octanol–water partition coefficient (Wildman–Crippen LogP) is 0.128. The number of amides is 1. The second-order valence-corrected chi connectivity index (χ2v) is 9.11. The average Bonchev–Trinajstić information content (AvgIpc) is 2.58. The van der Waals surface area contributed by atoms with E-state index in [0.717, 1.165) is 12.8 Å². The number of piperidine rings is 1. The minimum absolute atomic E-state index is 0.0371. The van der Waals surface area contributed by atoms with Gasteiger partial charge in [0.2, 0.25) is 15.9 Å². The Morgan fingerprint density at radius 3 is 2.36 bits per heavy atom. The number of hydrogen-bond donors (Lipinski definition) is 3. The smallest absolute Gasteiger partial charge is 0.227 e. The van der Waals surface area contributed by atoms with E-state index in [9.17, 15) is 13.2 Å². The van der Waals surface area contributed by atoms with Gasteiger partial charge in [0.15, 0.2) is 5.96 Å². The van der Waals surface area contributed by atoms with Crippen molar-refractivity contribution in [2.75, 3.05) is 39.5 Å². The van der Waals surface area contributed by atoms with Crippen LogP contribution >= 0.6 is 0 Å². The Bertz CT molecular complexity index is 566. The van der Waals surface area contributed by atoms with Crippen LogP contribution in [0.5, 0.6) is 0 Å². The van der Waals surface area contributed by atoms with Gasteiger partial charge in [-0.3, -0.25) is 9.79 Å². The maximum atomic E-state index is 12.1. The van der Waals surface area contributed by atoms with Crippen molar-refractivity contribution < 1.29 is 13.2 Å². The molecule has 0 saturated carbocycles. The molecule has 1 aliphatic rings. The molecular formula is C16H33N5O3S. The summed E-state index contributed by atoms with van der Waals surface area (Å²) in [5, 5.41) is 9.16.